The average Bonchev–Trinajstić information content (AvgIpc) is 2.84. The molecule has 0 unspecified atom stereocenters. The highest BCUT2D eigenvalue weighted by Crippen LogP contribution is 2.30. The molecule has 0 atom stereocenters. The number of amides is 2. The quantitative estimate of drug-likeness (QED) is 0.585. The molecule has 2 aromatic rings. The SMILES string of the molecule is Cc1cc(C)cc(NC2=C(Cl)C(=O)N(c3ccc(C(=O)OC(C)C)cc3)C2=O)c1. The highest BCUT2D eigenvalue weighted by Gasteiger charge is 2.39. The summed E-state index contributed by atoms with van der Waals surface area (Å²) in [7, 11) is 0. The molecule has 1 N–H and O–H groups in total. The van der Waals surface area contributed by atoms with E-state index in [1.807, 2.05) is 32.0 Å². The number of aryl methyl sites for hydroxylation is 2. The summed E-state index contributed by atoms with van der Waals surface area (Å²) >= 11 is 6.17. The molecule has 0 saturated carbocycles. The summed E-state index contributed by atoms with van der Waals surface area (Å²) < 4.78 is 5.14. The second kappa shape index (κ2) is 8.09. The number of nitrogens with zero attached hydrogens (tertiary/aromatic N) is 1. The fourth-order valence-corrected chi connectivity index (χ4v) is 3.28. The Hall–Kier alpha value is -3.12. The Bertz CT molecular complexity index is 1010. The summed E-state index contributed by atoms with van der Waals surface area (Å²) in [5, 5.41) is 2.78. The lowest BCUT2D eigenvalue weighted by Crippen LogP contribution is -2.32. The predicted molar refractivity (Wildman–Crippen MR) is 112 cm³/mol. The van der Waals surface area contributed by atoms with Crippen LogP contribution in [-0.2, 0) is 14.3 Å². The minimum atomic E-state index is -0.624. The zero-order valence-corrected chi connectivity index (χ0v) is 17.3. The second-order valence-corrected chi connectivity index (χ2v) is 7.51. The van der Waals surface area contributed by atoms with E-state index < -0.39 is 17.8 Å². The van der Waals surface area contributed by atoms with Crippen LogP contribution in [0.2, 0.25) is 0 Å². The maximum atomic E-state index is 12.9. The highest BCUT2D eigenvalue weighted by atomic mass is 35.5. The van der Waals surface area contributed by atoms with Gasteiger partial charge >= 0.3 is 5.97 Å². The fourth-order valence-electron chi connectivity index (χ4n) is 3.07. The number of carbonyl (C=O) groups is 3. The van der Waals surface area contributed by atoms with Crippen molar-refractivity contribution >= 4 is 40.8 Å². The molecule has 3 rings (SSSR count). The maximum absolute atomic E-state index is 12.9. The van der Waals surface area contributed by atoms with E-state index in [1.54, 1.807) is 13.8 Å². The van der Waals surface area contributed by atoms with Gasteiger partial charge in [0.1, 0.15) is 10.7 Å². The number of ether oxygens (including phenoxy) is 1. The van der Waals surface area contributed by atoms with Crippen molar-refractivity contribution in [2.24, 2.45) is 0 Å². The first kappa shape index (κ1) is 20.6. The summed E-state index contributed by atoms with van der Waals surface area (Å²) in [4.78, 5) is 38.4. The Labute approximate surface area is 174 Å². The van der Waals surface area contributed by atoms with Crippen molar-refractivity contribution in [2.75, 3.05) is 10.2 Å². The van der Waals surface area contributed by atoms with Crippen LogP contribution >= 0.6 is 11.6 Å². The van der Waals surface area contributed by atoms with Gasteiger partial charge in [0, 0.05) is 5.69 Å². The van der Waals surface area contributed by atoms with Gasteiger partial charge in [-0.25, -0.2) is 9.69 Å². The number of rotatable bonds is 5. The maximum Gasteiger partial charge on any atom is 0.338 e. The van der Waals surface area contributed by atoms with Crippen LogP contribution in [0.15, 0.2) is 53.2 Å². The Morgan fingerprint density at radius 3 is 2.14 bits per heavy atom. The molecule has 0 saturated heterocycles. The van der Waals surface area contributed by atoms with Gasteiger partial charge in [-0.05, 0) is 75.2 Å². The summed E-state index contributed by atoms with van der Waals surface area (Å²) in [5.41, 5.74) is 3.37. The standard InChI is InChI=1S/C22H21ClN2O4/c1-12(2)29-22(28)15-5-7-17(8-6-15)25-20(26)18(23)19(21(25)27)24-16-10-13(3)9-14(4)11-16/h5-12,24H,1-4H3. The van der Waals surface area contributed by atoms with Crippen LogP contribution in [0.1, 0.15) is 35.3 Å². The zero-order valence-electron chi connectivity index (χ0n) is 16.6. The van der Waals surface area contributed by atoms with Crippen LogP contribution in [-0.4, -0.2) is 23.9 Å². The van der Waals surface area contributed by atoms with Crippen molar-refractivity contribution in [1.82, 2.24) is 0 Å². The summed E-state index contributed by atoms with van der Waals surface area (Å²) in [6, 6.07) is 11.8. The van der Waals surface area contributed by atoms with E-state index in [9.17, 15) is 14.4 Å². The highest BCUT2D eigenvalue weighted by molar-refractivity contribution is 6.53. The van der Waals surface area contributed by atoms with Crippen LogP contribution in [0.5, 0.6) is 0 Å². The number of hydrogen-bond acceptors (Lipinski definition) is 5. The van der Waals surface area contributed by atoms with Gasteiger partial charge in [0.25, 0.3) is 11.8 Å². The topological polar surface area (TPSA) is 75.7 Å². The van der Waals surface area contributed by atoms with Crippen LogP contribution in [0.3, 0.4) is 0 Å². The van der Waals surface area contributed by atoms with Crippen LogP contribution < -0.4 is 10.2 Å². The molecule has 6 nitrogen and oxygen atoms in total. The van der Waals surface area contributed by atoms with Crippen molar-refractivity contribution in [3.8, 4) is 0 Å². The molecule has 1 heterocycles. The van der Waals surface area contributed by atoms with E-state index in [2.05, 4.69) is 5.32 Å². The van der Waals surface area contributed by atoms with Crippen molar-refractivity contribution < 1.29 is 19.1 Å². The van der Waals surface area contributed by atoms with Crippen molar-refractivity contribution in [3.63, 3.8) is 0 Å². The van der Waals surface area contributed by atoms with E-state index in [4.69, 9.17) is 16.3 Å². The van der Waals surface area contributed by atoms with Gasteiger partial charge in [0.05, 0.1) is 17.4 Å². The number of imide groups is 1. The van der Waals surface area contributed by atoms with Gasteiger partial charge in [0.15, 0.2) is 0 Å². The molecule has 0 aromatic heterocycles. The molecular formula is C22H21ClN2O4. The molecule has 0 radical (unpaired) electrons. The second-order valence-electron chi connectivity index (χ2n) is 7.14. The lowest BCUT2D eigenvalue weighted by atomic mass is 10.1. The van der Waals surface area contributed by atoms with Crippen molar-refractivity contribution in [2.45, 2.75) is 33.8 Å². The first-order valence-corrected chi connectivity index (χ1v) is 9.50. The molecule has 0 spiro atoms. The molecule has 0 bridgehead atoms. The van der Waals surface area contributed by atoms with Gasteiger partial charge in [0.2, 0.25) is 0 Å². The molecule has 7 heteroatoms. The fraction of sp³-hybridized carbons (Fsp3) is 0.227. The van der Waals surface area contributed by atoms with E-state index in [0.717, 1.165) is 16.0 Å². The van der Waals surface area contributed by atoms with Gasteiger partial charge < -0.3 is 10.1 Å². The summed E-state index contributed by atoms with van der Waals surface area (Å²) in [5.74, 6) is -1.66. The Kier molecular flexibility index (Phi) is 5.75. The normalized spacial score (nSPS) is 14.1. The Balaban J connectivity index is 1.83. The number of benzene rings is 2. The predicted octanol–water partition coefficient (Wildman–Crippen LogP) is 4.30. The molecule has 2 aromatic carbocycles. The van der Waals surface area contributed by atoms with Gasteiger partial charge in [-0.15, -0.1) is 0 Å². The number of esters is 1. The van der Waals surface area contributed by atoms with E-state index in [0.29, 0.717) is 16.9 Å². The molecule has 2 amide bonds. The first-order valence-electron chi connectivity index (χ1n) is 9.12. The van der Waals surface area contributed by atoms with Gasteiger partial charge in [-0.3, -0.25) is 9.59 Å². The summed E-state index contributed by atoms with van der Waals surface area (Å²) in [6.45, 7) is 7.39. The largest absolute Gasteiger partial charge is 0.459 e. The smallest absolute Gasteiger partial charge is 0.338 e. The average molecular weight is 413 g/mol. The minimum Gasteiger partial charge on any atom is -0.459 e. The van der Waals surface area contributed by atoms with Crippen molar-refractivity contribution in [3.05, 3.63) is 69.9 Å². The van der Waals surface area contributed by atoms with E-state index in [1.165, 1.54) is 24.3 Å². The number of anilines is 2. The molecule has 1 aliphatic rings. The van der Waals surface area contributed by atoms with E-state index >= 15 is 0 Å². The van der Waals surface area contributed by atoms with Crippen LogP contribution in [0.4, 0.5) is 11.4 Å². The van der Waals surface area contributed by atoms with Gasteiger partial charge in [-0.1, -0.05) is 17.7 Å². The number of nitrogens with one attached hydrogen (secondary N) is 1. The number of hydrogen-bond donors (Lipinski definition) is 1. The summed E-state index contributed by atoms with van der Waals surface area (Å²) in [6.07, 6.45) is -0.245. The lowest BCUT2D eigenvalue weighted by Gasteiger charge is -2.16. The molecule has 1 aliphatic heterocycles. The van der Waals surface area contributed by atoms with Crippen molar-refractivity contribution in [1.29, 1.82) is 0 Å². The monoisotopic (exact) mass is 412 g/mol. The number of halogens is 1. The van der Waals surface area contributed by atoms with Crippen LogP contribution in [0, 0.1) is 13.8 Å². The Morgan fingerprint density at radius 1 is 1.00 bits per heavy atom. The molecule has 0 aliphatic carbocycles. The van der Waals surface area contributed by atoms with E-state index in [-0.39, 0.29) is 16.8 Å². The van der Waals surface area contributed by atoms with Crippen LogP contribution in [0.25, 0.3) is 0 Å². The number of carbonyl (C=O) groups excluding carboxylic acids is 3. The minimum absolute atomic E-state index is 0.0185. The zero-order chi connectivity index (χ0) is 21.3. The molecule has 150 valence electrons. The first-order chi connectivity index (χ1) is 13.7. The molecular weight excluding hydrogens is 392 g/mol. The third-order valence-electron chi connectivity index (χ3n) is 4.22. The molecule has 0 fully saturated rings. The Morgan fingerprint density at radius 2 is 1.59 bits per heavy atom. The third kappa shape index (κ3) is 4.32. The third-order valence-corrected chi connectivity index (χ3v) is 4.57. The molecule has 29 heavy (non-hydrogen) atoms. The lowest BCUT2D eigenvalue weighted by molar-refractivity contribution is -0.120. The van der Waals surface area contributed by atoms with Gasteiger partial charge in [-0.2, -0.15) is 0 Å².